The summed E-state index contributed by atoms with van der Waals surface area (Å²) in [4.78, 5) is 4.59. The van der Waals surface area contributed by atoms with E-state index >= 15 is 0 Å². The molecule has 21 heavy (non-hydrogen) atoms. The number of anilines is 1. The Kier molecular flexibility index (Phi) is 2.95. The highest BCUT2D eigenvalue weighted by atomic mass is 16.3. The number of aromatic nitrogens is 1. The van der Waals surface area contributed by atoms with Gasteiger partial charge in [0.15, 0.2) is 11.5 Å². The molecule has 0 bridgehead atoms. The minimum atomic E-state index is 0.295. The van der Waals surface area contributed by atoms with Gasteiger partial charge in [-0.3, -0.25) is 0 Å². The number of nitrogens with zero attached hydrogens (tertiary/aromatic N) is 1. The topological polar surface area (TPSA) is 51.2 Å². The number of hydrogen-bond donors (Lipinski definition) is 1. The molecule has 1 saturated carbocycles. The van der Waals surface area contributed by atoms with Gasteiger partial charge in [0, 0.05) is 24.1 Å². The van der Waals surface area contributed by atoms with Gasteiger partial charge < -0.3 is 14.2 Å². The summed E-state index contributed by atoms with van der Waals surface area (Å²) in [6.45, 7) is 2.14. The number of rotatable bonds is 5. The monoisotopic (exact) mass is 282 g/mol. The number of furan rings is 1. The van der Waals surface area contributed by atoms with Gasteiger partial charge in [-0.15, -0.1) is 0 Å². The highest BCUT2D eigenvalue weighted by molar-refractivity contribution is 5.77. The van der Waals surface area contributed by atoms with Crippen LogP contribution in [0.3, 0.4) is 0 Å². The lowest BCUT2D eigenvalue weighted by molar-refractivity contribution is 0.498. The first-order valence-electron chi connectivity index (χ1n) is 7.47. The Balaban J connectivity index is 1.50. The summed E-state index contributed by atoms with van der Waals surface area (Å²) < 4.78 is 11.2. The van der Waals surface area contributed by atoms with E-state index in [0.29, 0.717) is 12.0 Å². The molecule has 0 radical (unpaired) electrons. The summed E-state index contributed by atoms with van der Waals surface area (Å²) in [6.07, 6.45) is 4.98. The van der Waals surface area contributed by atoms with Gasteiger partial charge in [0.05, 0.1) is 6.26 Å². The number of fused-ring (bicyclic) bond motifs is 1. The van der Waals surface area contributed by atoms with Crippen molar-refractivity contribution in [3.8, 4) is 0 Å². The van der Waals surface area contributed by atoms with Gasteiger partial charge in [0.1, 0.15) is 11.3 Å². The molecule has 4 rings (SSSR count). The molecule has 2 heterocycles. The number of benzene rings is 1. The summed E-state index contributed by atoms with van der Waals surface area (Å²) >= 11 is 0. The third-order valence-corrected chi connectivity index (χ3v) is 3.83. The van der Waals surface area contributed by atoms with E-state index in [-0.39, 0.29) is 0 Å². The fraction of sp³-hybridized carbons (Fsp3) is 0.353. The zero-order chi connectivity index (χ0) is 14.2. The fourth-order valence-electron chi connectivity index (χ4n) is 2.61. The van der Waals surface area contributed by atoms with E-state index in [2.05, 4.69) is 23.3 Å². The van der Waals surface area contributed by atoms with E-state index in [1.54, 1.807) is 6.26 Å². The number of oxazole rings is 1. The van der Waals surface area contributed by atoms with Crippen molar-refractivity contribution in [3.63, 3.8) is 0 Å². The van der Waals surface area contributed by atoms with Gasteiger partial charge in [0.2, 0.25) is 0 Å². The molecule has 0 saturated heterocycles. The normalized spacial score (nSPS) is 16.2. The van der Waals surface area contributed by atoms with Crippen LogP contribution in [0, 0.1) is 0 Å². The Hall–Kier alpha value is -2.23. The number of nitrogens with one attached hydrogen (secondary N) is 1. The van der Waals surface area contributed by atoms with Crippen LogP contribution in [0.4, 0.5) is 5.69 Å². The van der Waals surface area contributed by atoms with Crippen LogP contribution in [0.2, 0.25) is 0 Å². The lowest BCUT2D eigenvalue weighted by atomic mass is 10.2. The first-order valence-corrected chi connectivity index (χ1v) is 7.47. The van der Waals surface area contributed by atoms with Crippen LogP contribution in [0.5, 0.6) is 0 Å². The molecule has 1 atom stereocenters. The molecule has 0 spiro atoms. The van der Waals surface area contributed by atoms with Crippen LogP contribution in [-0.2, 0) is 6.42 Å². The average Bonchev–Trinajstić information content (AvgIpc) is 3.03. The minimum absolute atomic E-state index is 0.295. The third kappa shape index (κ3) is 2.66. The van der Waals surface area contributed by atoms with E-state index in [9.17, 15) is 0 Å². The van der Waals surface area contributed by atoms with E-state index in [0.717, 1.165) is 34.9 Å². The molecule has 1 fully saturated rings. The van der Waals surface area contributed by atoms with Crippen molar-refractivity contribution < 1.29 is 8.83 Å². The van der Waals surface area contributed by atoms with E-state index < -0.39 is 0 Å². The molecule has 1 N–H and O–H groups in total. The van der Waals surface area contributed by atoms with E-state index in [1.165, 1.54) is 12.8 Å². The molecule has 2 aromatic heterocycles. The predicted octanol–water partition coefficient (Wildman–Crippen LogP) is 4.34. The molecular weight excluding hydrogens is 264 g/mol. The van der Waals surface area contributed by atoms with Crippen molar-refractivity contribution in [2.75, 3.05) is 5.32 Å². The van der Waals surface area contributed by atoms with Crippen LogP contribution < -0.4 is 5.32 Å². The highest BCUT2D eigenvalue weighted by Crippen LogP contribution is 2.40. The zero-order valence-corrected chi connectivity index (χ0v) is 12.0. The summed E-state index contributed by atoms with van der Waals surface area (Å²) in [5.74, 6) is 2.44. The molecule has 1 aliphatic carbocycles. The number of hydrogen-bond acceptors (Lipinski definition) is 4. The van der Waals surface area contributed by atoms with Crippen molar-refractivity contribution in [3.05, 3.63) is 48.2 Å². The fourth-order valence-corrected chi connectivity index (χ4v) is 2.61. The Bertz CT molecular complexity index is 741. The Morgan fingerprint density at radius 1 is 1.33 bits per heavy atom. The molecule has 1 aliphatic rings. The molecule has 1 unspecified atom stereocenters. The molecule has 0 amide bonds. The maximum Gasteiger partial charge on any atom is 0.198 e. The smallest absolute Gasteiger partial charge is 0.198 e. The van der Waals surface area contributed by atoms with E-state index in [1.807, 2.05) is 24.3 Å². The molecule has 4 heteroatoms. The second-order valence-corrected chi connectivity index (χ2v) is 5.84. The van der Waals surface area contributed by atoms with Gasteiger partial charge >= 0.3 is 0 Å². The van der Waals surface area contributed by atoms with Crippen LogP contribution in [0.15, 0.2) is 45.4 Å². The summed E-state index contributed by atoms with van der Waals surface area (Å²) in [6, 6.07) is 10.3. The minimum Gasteiger partial charge on any atom is -0.469 e. The second-order valence-electron chi connectivity index (χ2n) is 5.84. The Labute approximate surface area is 123 Å². The first kappa shape index (κ1) is 12.5. The standard InChI is InChI=1S/C17H18N2O2/c1-11(9-14-3-2-8-20-14)18-13-6-7-16-15(10-13)19-17(21-16)12-4-5-12/h2-3,6-8,10-12,18H,4-5,9H2,1H3. The lowest BCUT2D eigenvalue weighted by Gasteiger charge is -2.13. The quantitative estimate of drug-likeness (QED) is 0.756. The average molecular weight is 282 g/mol. The summed E-state index contributed by atoms with van der Waals surface area (Å²) in [5.41, 5.74) is 2.88. The maximum atomic E-state index is 5.78. The third-order valence-electron chi connectivity index (χ3n) is 3.83. The SMILES string of the molecule is CC(Cc1ccco1)Nc1ccc2oc(C3CC3)nc2c1. The first-order chi connectivity index (χ1) is 10.3. The second kappa shape index (κ2) is 4.95. The van der Waals surface area contributed by atoms with Crippen LogP contribution in [0.25, 0.3) is 11.1 Å². The molecule has 1 aromatic carbocycles. The van der Waals surface area contributed by atoms with Crippen molar-refractivity contribution >= 4 is 16.8 Å². The highest BCUT2D eigenvalue weighted by Gasteiger charge is 2.28. The van der Waals surface area contributed by atoms with Crippen LogP contribution in [-0.4, -0.2) is 11.0 Å². The van der Waals surface area contributed by atoms with Crippen molar-refractivity contribution in [2.24, 2.45) is 0 Å². The van der Waals surface area contributed by atoms with Crippen molar-refractivity contribution in [1.82, 2.24) is 4.98 Å². The molecule has 0 aliphatic heterocycles. The largest absolute Gasteiger partial charge is 0.469 e. The summed E-state index contributed by atoms with van der Waals surface area (Å²) in [7, 11) is 0. The van der Waals surface area contributed by atoms with E-state index in [4.69, 9.17) is 8.83 Å². The summed E-state index contributed by atoms with van der Waals surface area (Å²) in [5, 5.41) is 3.48. The Morgan fingerprint density at radius 2 is 2.24 bits per heavy atom. The van der Waals surface area contributed by atoms with Crippen molar-refractivity contribution in [2.45, 2.75) is 38.1 Å². The predicted molar refractivity (Wildman–Crippen MR) is 81.5 cm³/mol. The zero-order valence-electron chi connectivity index (χ0n) is 12.0. The van der Waals surface area contributed by atoms with Crippen molar-refractivity contribution in [1.29, 1.82) is 0 Å². The van der Waals surface area contributed by atoms with Crippen LogP contribution in [0.1, 0.15) is 37.3 Å². The molecular formula is C17H18N2O2. The Morgan fingerprint density at radius 3 is 3.00 bits per heavy atom. The van der Waals surface area contributed by atoms with Gasteiger partial charge in [0.25, 0.3) is 0 Å². The van der Waals surface area contributed by atoms with Gasteiger partial charge in [-0.25, -0.2) is 4.98 Å². The maximum absolute atomic E-state index is 5.78. The molecule has 4 nitrogen and oxygen atoms in total. The van der Waals surface area contributed by atoms with Crippen LogP contribution >= 0.6 is 0 Å². The molecule has 3 aromatic rings. The van der Waals surface area contributed by atoms with Gasteiger partial charge in [-0.05, 0) is 50.1 Å². The van der Waals surface area contributed by atoms with Gasteiger partial charge in [-0.2, -0.15) is 0 Å². The van der Waals surface area contributed by atoms with Gasteiger partial charge in [-0.1, -0.05) is 0 Å². The lowest BCUT2D eigenvalue weighted by Crippen LogP contribution is -2.17. The molecule has 108 valence electrons.